The van der Waals surface area contributed by atoms with Gasteiger partial charge in [-0.2, -0.15) is 5.26 Å². The van der Waals surface area contributed by atoms with Gasteiger partial charge in [0.15, 0.2) is 0 Å². The van der Waals surface area contributed by atoms with Crippen LogP contribution in [0, 0.1) is 35.9 Å². The van der Waals surface area contributed by atoms with Crippen LogP contribution in [0.4, 0.5) is 10.2 Å². The molecule has 186 valence electrons. The first kappa shape index (κ1) is 24.1. The highest BCUT2D eigenvalue weighted by molar-refractivity contribution is 6.31. The quantitative estimate of drug-likeness (QED) is 0.578. The molecule has 0 spiro atoms. The van der Waals surface area contributed by atoms with Crippen LogP contribution >= 0.6 is 11.6 Å². The van der Waals surface area contributed by atoms with Gasteiger partial charge in [-0.05, 0) is 55.4 Å². The summed E-state index contributed by atoms with van der Waals surface area (Å²) >= 11 is 6.09. The van der Waals surface area contributed by atoms with Crippen LogP contribution in [-0.4, -0.2) is 27.2 Å². The number of pyridine rings is 1. The number of rotatable bonds is 4. The fourth-order valence-corrected chi connectivity index (χ4v) is 5.87. The summed E-state index contributed by atoms with van der Waals surface area (Å²) in [5.74, 6) is 0.574. The van der Waals surface area contributed by atoms with Gasteiger partial charge in [-0.1, -0.05) is 30.5 Å². The molecule has 5 rings (SSSR count). The van der Waals surface area contributed by atoms with E-state index >= 15 is 0 Å². The van der Waals surface area contributed by atoms with Gasteiger partial charge in [0.1, 0.15) is 18.2 Å². The van der Waals surface area contributed by atoms with Crippen LogP contribution < -0.4 is 21.7 Å². The zero-order valence-electron chi connectivity index (χ0n) is 19.8. The number of aryl methyl sites for hydroxylation is 1. The number of aromatic amines is 1. The lowest BCUT2D eigenvalue weighted by Gasteiger charge is -2.26. The van der Waals surface area contributed by atoms with E-state index in [1.807, 2.05) is 11.0 Å². The van der Waals surface area contributed by atoms with Crippen LogP contribution in [0.25, 0.3) is 16.8 Å². The Balaban J connectivity index is 1.84. The Kier molecular flexibility index (Phi) is 6.31. The lowest BCUT2D eigenvalue weighted by molar-refractivity contribution is 0.299. The molecule has 1 aliphatic heterocycles. The summed E-state index contributed by atoms with van der Waals surface area (Å²) in [7, 11) is 0. The highest BCUT2D eigenvalue weighted by Crippen LogP contribution is 2.40. The highest BCUT2D eigenvalue weighted by atomic mass is 35.5. The molecule has 1 N–H and O–H groups in total. The van der Waals surface area contributed by atoms with E-state index in [9.17, 15) is 24.0 Å². The molecule has 10 heteroatoms. The summed E-state index contributed by atoms with van der Waals surface area (Å²) in [5.41, 5.74) is -0.812. The van der Waals surface area contributed by atoms with E-state index in [-0.39, 0.29) is 22.8 Å². The van der Waals surface area contributed by atoms with Gasteiger partial charge in [-0.3, -0.25) is 14.2 Å². The number of halogens is 2. The number of nitrogens with one attached hydrogen (secondary N) is 1. The third-order valence-electron chi connectivity index (χ3n) is 7.25. The first-order valence-corrected chi connectivity index (χ1v) is 12.3. The molecule has 3 heterocycles. The van der Waals surface area contributed by atoms with E-state index < -0.39 is 22.6 Å². The molecule has 8 nitrogen and oxygen atoms in total. The highest BCUT2D eigenvalue weighted by Gasteiger charge is 2.37. The van der Waals surface area contributed by atoms with Crippen molar-refractivity contribution in [3.05, 3.63) is 78.1 Å². The Morgan fingerprint density at radius 1 is 1.11 bits per heavy atom. The summed E-state index contributed by atoms with van der Waals surface area (Å²) in [5, 5.41) is 9.47. The molecule has 2 fully saturated rings. The second-order valence-electron chi connectivity index (χ2n) is 9.59. The SMILES string of the molecule is Cc1cc(-n2c(=O)c(-c3ccc(F)c(Cl)c3)c(N3C[C@H]4CCCC[C@H]4C3)n(CC#N)c2=O)cc(=O)[nH]1. The monoisotopic (exact) mass is 509 g/mol. The van der Waals surface area contributed by atoms with Crippen molar-refractivity contribution in [3.63, 3.8) is 0 Å². The van der Waals surface area contributed by atoms with Crippen LogP contribution in [0.15, 0.2) is 44.7 Å². The molecule has 2 aliphatic rings. The maximum atomic E-state index is 14.1. The van der Waals surface area contributed by atoms with Gasteiger partial charge in [-0.15, -0.1) is 0 Å². The van der Waals surface area contributed by atoms with E-state index in [2.05, 4.69) is 4.98 Å². The maximum Gasteiger partial charge on any atom is 0.338 e. The molecule has 0 bridgehead atoms. The average molecular weight is 510 g/mol. The van der Waals surface area contributed by atoms with Crippen LogP contribution in [0.3, 0.4) is 0 Å². The van der Waals surface area contributed by atoms with Crippen molar-refractivity contribution in [2.45, 2.75) is 39.2 Å². The second-order valence-corrected chi connectivity index (χ2v) is 10.00. The topological polar surface area (TPSA) is 104 Å². The number of H-pyrrole nitrogens is 1. The van der Waals surface area contributed by atoms with Gasteiger partial charge in [0.2, 0.25) is 5.56 Å². The number of nitrogens with zero attached hydrogens (tertiary/aromatic N) is 4. The number of anilines is 1. The lowest BCUT2D eigenvalue weighted by atomic mass is 9.82. The molecule has 2 aromatic heterocycles. The number of nitriles is 1. The molecular weight excluding hydrogens is 485 g/mol. The molecule has 0 radical (unpaired) electrons. The Labute approximate surface area is 211 Å². The number of aromatic nitrogens is 3. The van der Waals surface area contributed by atoms with E-state index in [0.717, 1.165) is 36.3 Å². The minimum absolute atomic E-state index is 0.0917. The van der Waals surface area contributed by atoms with Crippen molar-refractivity contribution in [1.29, 1.82) is 5.26 Å². The normalized spacial score (nSPS) is 19.2. The van der Waals surface area contributed by atoms with Crippen LogP contribution in [0.5, 0.6) is 0 Å². The number of hydrogen-bond donors (Lipinski definition) is 1. The van der Waals surface area contributed by atoms with Gasteiger partial charge in [0.05, 0.1) is 22.3 Å². The molecule has 1 saturated heterocycles. The zero-order chi connectivity index (χ0) is 25.6. The number of hydrogen-bond acceptors (Lipinski definition) is 5. The van der Waals surface area contributed by atoms with E-state index in [1.165, 1.54) is 28.8 Å². The van der Waals surface area contributed by atoms with Gasteiger partial charge >= 0.3 is 5.69 Å². The minimum atomic E-state index is -0.714. The van der Waals surface area contributed by atoms with Crippen molar-refractivity contribution in [2.24, 2.45) is 11.8 Å². The van der Waals surface area contributed by atoms with E-state index in [1.54, 1.807) is 6.92 Å². The standard InChI is InChI=1S/C26H25ClFN5O3/c1-15-10-19(12-22(34)30-15)33-25(35)23(16-6-7-21(28)20(27)11-16)24(32(9-8-29)26(33)36)31-13-17-4-2-3-5-18(17)14-31/h6-7,10-12,17-18H,2-5,9,13-14H2,1H3,(H,30,34)/t17-,18+. The minimum Gasteiger partial charge on any atom is -0.357 e. The molecular formula is C26H25ClFN5O3. The summed E-state index contributed by atoms with van der Waals surface area (Å²) < 4.78 is 16.2. The molecule has 2 atom stereocenters. The lowest BCUT2D eigenvalue weighted by Crippen LogP contribution is -2.43. The van der Waals surface area contributed by atoms with E-state index in [4.69, 9.17) is 11.6 Å². The van der Waals surface area contributed by atoms with Crippen LogP contribution in [-0.2, 0) is 6.54 Å². The van der Waals surface area contributed by atoms with Crippen molar-refractivity contribution < 1.29 is 4.39 Å². The Morgan fingerprint density at radius 3 is 2.42 bits per heavy atom. The number of fused-ring (bicyclic) bond motifs is 1. The predicted molar refractivity (Wildman–Crippen MR) is 135 cm³/mol. The third kappa shape index (κ3) is 4.16. The molecule has 0 unspecified atom stereocenters. The summed E-state index contributed by atoms with van der Waals surface area (Å²) in [4.78, 5) is 44.6. The van der Waals surface area contributed by atoms with Gasteiger partial charge in [0, 0.05) is 24.8 Å². The molecule has 0 amide bonds. The van der Waals surface area contributed by atoms with E-state index in [0.29, 0.717) is 42.0 Å². The molecule has 36 heavy (non-hydrogen) atoms. The number of benzene rings is 1. The smallest absolute Gasteiger partial charge is 0.338 e. The average Bonchev–Trinajstić information content (AvgIpc) is 3.26. The second kappa shape index (κ2) is 9.43. The Morgan fingerprint density at radius 2 is 1.81 bits per heavy atom. The van der Waals surface area contributed by atoms with Gasteiger partial charge in [-0.25, -0.2) is 13.8 Å². The molecule has 1 aliphatic carbocycles. The fraction of sp³-hybridized carbons (Fsp3) is 0.385. The largest absolute Gasteiger partial charge is 0.357 e. The zero-order valence-corrected chi connectivity index (χ0v) is 20.5. The third-order valence-corrected chi connectivity index (χ3v) is 7.54. The Bertz CT molecular complexity index is 1550. The van der Waals surface area contributed by atoms with Crippen molar-refractivity contribution >= 4 is 17.4 Å². The van der Waals surface area contributed by atoms with Crippen molar-refractivity contribution in [2.75, 3.05) is 18.0 Å². The predicted octanol–water partition coefficient (Wildman–Crippen LogP) is 3.61. The fourth-order valence-electron chi connectivity index (χ4n) is 5.69. The summed E-state index contributed by atoms with van der Waals surface area (Å²) in [6, 6.07) is 8.70. The first-order valence-electron chi connectivity index (χ1n) is 12.0. The first-order chi connectivity index (χ1) is 17.3. The van der Waals surface area contributed by atoms with Crippen LogP contribution in [0.1, 0.15) is 31.4 Å². The van der Waals surface area contributed by atoms with Crippen molar-refractivity contribution in [3.8, 4) is 22.9 Å². The molecule has 1 aromatic carbocycles. The summed E-state index contributed by atoms with van der Waals surface area (Å²) in [6.45, 7) is 2.66. The maximum absolute atomic E-state index is 14.1. The molecule has 3 aromatic rings. The van der Waals surface area contributed by atoms with Crippen LogP contribution in [0.2, 0.25) is 5.02 Å². The van der Waals surface area contributed by atoms with Gasteiger partial charge < -0.3 is 9.88 Å². The summed E-state index contributed by atoms with van der Waals surface area (Å²) in [6.07, 6.45) is 4.43. The molecule has 1 saturated carbocycles. The Hall–Kier alpha value is -3.64. The van der Waals surface area contributed by atoms with Gasteiger partial charge in [0.25, 0.3) is 5.56 Å². The van der Waals surface area contributed by atoms with Crippen molar-refractivity contribution in [1.82, 2.24) is 14.1 Å².